The minimum atomic E-state index is 1.24. The van der Waals surface area contributed by atoms with Gasteiger partial charge in [-0.15, -0.1) is 0 Å². The summed E-state index contributed by atoms with van der Waals surface area (Å²) in [5.41, 5.74) is 7.84. The van der Waals surface area contributed by atoms with Gasteiger partial charge in [0.1, 0.15) is 0 Å². The molecule has 2 nitrogen and oxygen atoms in total. The second kappa shape index (κ2) is 7.87. The highest BCUT2D eigenvalue weighted by Gasteiger charge is 2.34. The molecule has 6 rings (SSSR count). The molecule has 0 unspecified atom stereocenters. The monoisotopic (exact) mass is 490 g/mol. The zero-order valence-electron chi connectivity index (χ0n) is 18.3. The summed E-state index contributed by atoms with van der Waals surface area (Å²) in [6, 6.07) is 21.4. The number of nitrogens with zero attached hydrogens (tertiary/aromatic N) is 2. The maximum atomic E-state index is 2.40. The van der Waals surface area contributed by atoms with Gasteiger partial charge in [-0.1, -0.05) is 83.4 Å². The van der Waals surface area contributed by atoms with Crippen molar-refractivity contribution in [2.45, 2.75) is 47.3 Å². The summed E-state index contributed by atoms with van der Waals surface area (Å²) in [5.74, 6) is 0. The Balaban J connectivity index is 1.34. The molecule has 4 heterocycles. The summed E-state index contributed by atoms with van der Waals surface area (Å²) < 4.78 is 7.65. The minimum absolute atomic E-state index is 1.24. The molecule has 0 aliphatic carbocycles. The van der Waals surface area contributed by atoms with Crippen molar-refractivity contribution < 1.29 is 0 Å². The van der Waals surface area contributed by atoms with Crippen molar-refractivity contribution in [2.75, 3.05) is 0 Å². The summed E-state index contributed by atoms with van der Waals surface area (Å²) in [7, 11) is 0. The van der Waals surface area contributed by atoms with E-state index >= 15 is 0 Å². The third-order valence-electron chi connectivity index (χ3n) is 6.04. The zero-order chi connectivity index (χ0) is 22.0. The lowest BCUT2D eigenvalue weighted by Crippen LogP contribution is -1.99. The van der Waals surface area contributed by atoms with Crippen LogP contribution in [0.15, 0.2) is 88.7 Å². The highest BCUT2D eigenvalue weighted by molar-refractivity contribution is 8.30. The Morgan fingerprint density at radius 1 is 0.438 bits per heavy atom. The van der Waals surface area contributed by atoms with E-state index in [1.54, 1.807) is 0 Å². The predicted octanol–water partition coefficient (Wildman–Crippen LogP) is 8.72. The minimum Gasteiger partial charge on any atom is -0.316 e. The lowest BCUT2D eigenvalue weighted by atomic mass is 10.3. The first-order chi connectivity index (χ1) is 15.5. The van der Waals surface area contributed by atoms with Gasteiger partial charge in [0.2, 0.25) is 0 Å². The number of para-hydroxylation sites is 2. The Morgan fingerprint density at radius 2 is 0.719 bits per heavy atom. The molecule has 0 N–H and O–H groups in total. The first-order valence-electron chi connectivity index (χ1n) is 10.5. The summed E-state index contributed by atoms with van der Waals surface area (Å²) in [6.07, 6.45) is 0. The molecule has 0 spiro atoms. The van der Waals surface area contributed by atoms with Gasteiger partial charge in [0, 0.05) is 53.7 Å². The van der Waals surface area contributed by atoms with E-state index in [2.05, 4.69) is 97.5 Å². The van der Waals surface area contributed by atoms with E-state index in [9.17, 15) is 0 Å². The topological polar surface area (TPSA) is 9.86 Å². The molecule has 0 amide bonds. The molecule has 2 aromatic carbocycles. The van der Waals surface area contributed by atoms with Crippen LogP contribution >= 0.6 is 47.0 Å². The van der Waals surface area contributed by atoms with Crippen LogP contribution in [0, 0.1) is 27.7 Å². The molecule has 0 radical (unpaired) electrons. The molecule has 160 valence electrons. The number of hydrogen-bond acceptors (Lipinski definition) is 4. The van der Waals surface area contributed by atoms with Crippen LogP contribution in [0.25, 0.3) is 11.4 Å². The molecule has 0 saturated carbocycles. The van der Waals surface area contributed by atoms with Gasteiger partial charge in [0.25, 0.3) is 0 Å². The summed E-state index contributed by atoms with van der Waals surface area (Å²) in [6.45, 7) is 9.00. The van der Waals surface area contributed by atoms with Crippen molar-refractivity contribution in [3.05, 3.63) is 91.9 Å². The number of hydrogen-bond donors (Lipinski definition) is 0. The fourth-order valence-corrected chi connectivity index (χ4v) is 10.4. The quantitative estimate of drug-likeness (QED) is 0.278. The van der Waals surface area contributed by atoms with E-state index < -0.39 is 0 Å². The van der Waals surface area contributed by atoms with Gasteiger partial charge in [0.05, 0.1) is 8.47 Å². The highest BCUT2D eigenvalue weighted by atomic mass is 32.2. The van der Waals surface area contributed by atoms with Gasteiger partial charge in [-0.2, -0.15) is 0 Å². The third-order valence-corrected chi connectivity index (χ3v) is 12.2. The Bertz CT molecular complexity index is 1220. The number of benzene rings is 2. The number of thioether (sulfide) groups is 4. The van der Waals surface area contributed by atoms with Crippen LogP contribution < -0.4 is 0 Å². The van der Waals surface area contributed by atoms with Crippen molar-refractivity contribution in [1.82, 2.24) is 9.13 Å². The molecule has 4 aromatic rings. The Morgan fingerprint density at radius 3 is 1.00 bits per heavy atom. The summed E-state index contributed by atoms with van der Waals surface area (Å²) in [4.78, 5) is 5.66. The molecule has 0 saturated heterocycles. The van der Waals surface area contributed by atoms with Crippen LogP contribution in [-0.2, 0) is 0 Å². The maximum Gasteiger partial charge on any atom is 0.0708 e. The molecular formula is C26H22N2S4. The first kappa shape index (κ1) is 20.7. The maximum absolute atomic E-state index is 2.40. The van der Waals surface area contributed by atoms with Gasteiger partial charge in [0.15, 0.2) is 0 Å². The third kappa shape index (κ3) is 3.07. The SMILES string of the molecule is Cc1c2c(c(C)n1-c1ccccc1)SC(=C1Sc3c(c(C)n(-c4ccccc4)c3C)S1)S2. The van der Waals surface area contributed by atoms with Crippen molar-refractivity contribution in [3.63, 3.8) is 0 Å². The van der Waals surface area contributed by atoms with Crippen molar-refractivity contribution in [3.8, 4) is 11.4 Å². The lowest BCUT2D eigenvalue weighted by molar-refractivity contribution is 0.947. The Hall–Kier alpha value is -1.86. The van der Waals surface area contributed by atoms with Gasteiger partial charge >= 0.3 is 0 Å². The van der Waals surface area contributed by atoms with Gasteiger partial charge in [-0.3, -0.25) is 0 Å². The number of aromatic nitrogens is 2. The van der Waals surface area contributed by atoms with E-state index in [0.717, 1.165) is 0 Å². The predicted molar refractivity (Wildman–Crippen MR) is 141 cm³/mol. The van der Waals surface area contributed by atoms with E-state index in [1.165, 1.54) is 62.2 Å². The van der Waals surface area contributed by atoms with Crippen molar-refractivity contribution in [2.24, 2.45) is 0 Å². The van der Waals surface area contributed by atoms with Gasteiger partial charge in [-0.05, 0) is 52.0 Å². The summed E-state index contributed by atoms with van der Waals surface area (Å²) in [5, 5.41) is 0. The molecule has 2 aliphatic rings. The largest absolute Gasteiger partial charge is 0.316 e. The van der Waals surface area contributed by atoms with Crippen molar-refractivity contribution in [1.29, 1.82) is 0 Å². The van der Waals surface area contributed by atoms with E-state index in [1.807, 2.05) is 47.0 Å². The van der Waals surface area contributed by atoms with E-state index in [0.29, 0.717) is 0 Å². The van der Waals surface area contributed by atoms with Crippen LogP contribution in [0.5, 0.6) is 0 Å². The summed E-state index contributed by atoms with van der Waals surface area (Å²) >= 11 is 7.80. The van der Waals surface area contributed by atoms with Crippen LogP contribution in [-0.4, -0.2) is 9.13 Å². The first-order valence-corrected chi connectivity index (χ1v) is 13.8. The molecule has 0 bridgehead atoms. The van der Waals surface area contributed by atoms with Crippen LogP contribution in [0.4, 0.5) is 0 Å². The Labute approximate surface area is 205 Å². The fraction of sp³-hybridized carbons (Fsp3) is 0.154. The second-order valence-corrected chi connectivity index (χ2v) is 12.6. The van der Waals surface area contributed by atoms with E-state index in [4.69, 9.17) is 0 Å². The van der Waals surface area contributed by atoms with Crippen LogP contribution in [0.2, 0.25) is 0 Å². The average Bonchev–Trinajstić information content (AvgIpc) is 3.54. The molecular weight excluding hydrogens is 469 g/mol. The highest BCUT2D eigenvalue weighted by Crippen LogP contribution is 2.64. The van der Waals surface area contributed by atoms with Gasteiger partial charge in [-0.25, -0.2) is 0 Å². The molecule has 0 fully saturated rings. The molecule has 6 heteroatoms. The fourth-order valence-electron chi connectivity index (χ4n) is 4.56. The van der Waals surface area contributed by atoms with Crippen LogP contribution in [0.1, 0.15) is 22.8 Å². The Kier molecular flexibility index (Phi) is 5.10. The molecule has 0 atom stereocenters. The zero-order valence-corrected chi connectivity index (χ0v) is 21.6. The molecule has 2 aliphatic heterocycles. The van der Waals surface area contributed by atoms with E-state index in [-0.39, 0.29) is 0 Å². The standard InChI is InChI=1S/C26H22N2S4/c1-15-21-22(16(2)27(15)19-11-7-5-8-12-19)30-25(29-21)26-31-23-17(3)28(18(4)24(23)32-26)20-13-9-6-10-14-20/h5-14H,1-4H3. The molecule has 2 aromatic heterocycles. The number of fused-ring (bicyclic) bond motifs is 2. The lowest BCUT2D eigenvalue weighted by Gasteiger charge is -2.12. The van der Waals surface area contributed by atoms with Crippen LogP contribution in [0.3, 0.4) is 0 Å². The molecule has 32 heavy (non-hydrogen) atoms. The average molecular weight is 491 g/mol. The normalized spacial score (nSPS) is 14.9. The van der Waals surface area contributed by atoms with Gasteiger partial charge < -0.3 is 9.13 Å². The number of rotatable bonds is 2. The second-order valence-electron chi connectivity index (χ2n) is 7.98. The smallest absolute Gasteiger partial charge is 0.0708 e. The van der Waals surface area contributed by atoms with Crippen molar-refractivity contribution >= 4 is 47.0 Å².